The number of anilines is 1. The third-order valence-electron chi connectivity index (χ3n) is 3.39. The predicted octanol–water partition coefficient (Wildman–Crippen LogP) is 3.64. The molecule has 0 spiro atoms. The smallest absolute Gasteiger partial charge is 0.195 e. The lowest BCUT2D eigenvalue weighted by Crippen LogP contribution is -2.01. The van der Waals surface area contributed by atoms with Gasteiger partial charge in [-0.1, -0.05) is 11.6 Å². The van der Waals surface area contributed by atoms with Crippen molar-refractivity contribution < 1.29 is 9.53 Å². The highest BCUT2D eigenvalue weighted by atomic mass is 35.5. The summed E-state index contributed by atoms with van der Waals surface area (Å²) in [4.78, 5) is 15.7. The third kappa shape index (κ3) is 2.34. The summed E-state index contributed by atoms with van der Waals surface area (Å²) in [6.45, 7) is 0. The van der Waals surface area contributed by atoms with Crippen molar-refractivity contribution in [2.75, 3.05) is 12.8 Å². The number of rotatable bonds is 3. The van der Waals surface area contributed by atoms with Crippen LogP contribution in [0.5, 0.6) is 5.75 Å². The van der Waals surface area contributed by atoms with Gasteiger partial charge in [0.2, 0.25) is 0 Å². The molecular formula is C16H13ClN2O2. The molecular weight excluding hydrogens is 288 g/mol. The molecule has 2 aromatic carbocycles. The van der Waals surface area contributed by atoms with Gasteiger partial charge in [-0.15, -0.1) is 0 Å². The first-order valence-electron chi connectivity index (χ1n) is 6.35. The monoisotopic (exact) mass is 300 g/mol. The van der Waals surface area contributed by atoms with E-state index >= 15 is 0 Å². The zero-order chi connectivity index (χ0) is 15.0. The Kier molecular flexibility index (Phi) is 3.31. The fourth-order valence-electron chi connectivity index (χ4n) is 2.26. The molecule has 1 heterocycles. The van der Waals surface area contributed by atoms with Gasteiger partial charge >= 0.3 is 0 Å². The first-order chi connectivity index (χ1) is 10.1. The van der Waals surface area contributed by atoms with E-state index in [1.54, 1.807) is 31.5 Å². The summed E-state index contributed by atoms with van der Waals surface area (Å²) >= 11 is 5.89. The van der Waals surface area contributed by atoms with Gasteiger partial charge in [0.1, 0.15) is 5.75 Å². The molecule has 3 N–H and O–H groups in total. The summed E-state index contributed by atoms with van der Waals surface area (Å²) in [5.41, 5.74) is 8.10. The summed E-state index contributed by atoms with van der Waals surface area (Å²) in [5, 5.41) is 1.25. The fraction of sp³-hybridized carbons (Fsp3) is 0.0625. The van der Waals surface area contributed by atoms with E-state index in [1.807, 2.05) is 18.2 Å². The van der Waals surface area contributed by atoms with Crippen molar-refractivity contribution in [3.8, 4) is 5.75 Å². The van der Waals surface area contributed by atoms with Crippen LogP contribution in [-0.2, 0) is 0 Å². The lowest BCUT2D eigenvalue weighted by molar-refractivity contribution is 0.104. The van der Waals surface area contributed by atoms with Gasteiger partial charge in [-0.25, -0.2) is 0 Å². The van der Waals surface area contributed by atoms with Gasteiger partial charge in [-0.05, 0) is 36.4 Å². The molecule has 106 valence electrons. The van der Waals surface area contributed by atoms with Crippen molar-refractivity contribution in [3.05, 3.63) is 58.7 Å². The molecule has 0 amide bonds. The largest absolute Gasteiger partial charge is 0.497 e. The first kappa shape index (κ1) is 13.5. The Labute approximate surface area is 126 Å². The van der Waals surface area contributed by atoms with Gasteiger partial charge in [0.05, 0.1) is 17.8 Å². The van der Waals surface area contributed by atoms with Crippen molar-refractivity contribution in [1.82, 2.24) is 4.98 Å². The van der Waals surface area contributed by atoms with Crippen molar-refractivity contribution >= 4 is 34.0 Å². The van der Waals surface area contributed by atoms with E-state index < -0.39 is 0 Å². The molecule has 0 unspecified atom stereocenters. The van der Waals surface area contributed by atoms with E-state index in [-0.39, 0.29) is 5.78 Å². The number of hydrogen-bond acceptors (Lipinski definition) is 3. The molecule has 0 aliphatic heterocycles. The van der Waals surface area contributed by atoms with Crippen LogP contribution >= 0.6 is 11.6 Å². The Morgan fingerprint density at radius 1 is 1.24 bits per heavy atom. The van der Waals surface area contributed by atoms with Crippen LogP contribution in [0.4, 0.5) is 5.69 Å². The Hall–Kier alpha value is -2.46. The van der Waals surface area contributed by atoms with Crippen LogP contribution in [0.3, 0.4) is 0 Å². The van der Waals surface area contributed by atoms with E-state index in [0.29, 0.717) is 27.6 Å². The van der Waals surface area contributed by atoms with Crippen LogP contribution in [0.15, 0.2) is 42.6 Å². The second-order valence-electron chi connectivity index (χ2n) is 4.68. The van der Waals surface area contributed by atoms with E-state index in [0.717, 1.165) is 10.9 Å². The maximum atomic E-state index is 12.6. The SMILES string of the molecule is COc1ccc2[nH]cc(C(=O)c3ccc(Cl)c(N)c3)c2c1. The van der Waals surface area contributed by atoms with Crippen molar-refractivity contribution in [2.45, 2.75) is 0 Å². The minimum atomic E-state index is -0.113. The van der Waals surface area contributed by atoms with Crippen LogP contribution in [0.1, 0.15) is 15.9 Å². The number of benzene rings is 2. The number of nitrogens with one attached hydrogen (secondary N) is 1. The van der Waals surface area contributed by atoms with Gasteiger partial charge in [-0.2, -0.15) is 0 Å². The standard InChI is InChI=1S/C16H13ClN2O2/c1-21-10-3-5-15-11(7-10)12(8-19-15)16(20)9-2-4-13(17)14(18)6-9/h2-8,19H,18H2,1H3. The summed E-state index contributed by atoms with van der Waals surface area (Å²) in [6, 6.07) is 10.4. The molecule has 4 nitrogen and oxygen atoms in total. The number of carbonyl (C=O) groups excluding carboxylic acids is 1. The molecule has 3 rings (SSSR count). The highest BCUT2D eigenvalue weighted by molar-refractivity contribution is 6.33. The van der Waals surface area contributed by atoms with E-state index in [9.17, 15) is 4.79 Å². The Bertz CT molecular complexity index is 839. The van der Waals surface area contributed by atoms with Crippen molar-refractivity contribution in [2.24, 2.45) is 0 Å². The lowest BCUT2D eigenvalue weighted by atomic mass is 10.0. The second-order valence-corrected chi connectivity index (χ2v) is 5.09. The summed E-state index contributed by atoms with van der Waals surface area (Å²) in [6.07, 6.45) is 1.69. The number of nitrogen functional groups attached to an aromatic ring is 1. The zero-order valence-corrected chi connectivity index (χ0v) is 12.1. The van der Waals surface area contributed by atoms with Gasteiger partial charge in [0.25, 0.3) is 0 Å². The normalized spacial score (nSPS) is 10.8. The first-order valence-corrected chi connectivity index (χ1v) is 6.73. The van der Waals surface area contributed by atoms with E-state index in [1.165, 1.54) is 0 Å². The Morgan fingerprint density at radius 2 is 2.05 bits per heavy atom. The quantitative estimate of drug-likeness (QED) is 0.573. The summed E-state index contributed by atoms with van der Waals surface area (Å²) < 4.78 is 5.20. The number of fused-ring (bicyclic) bond motifs is 1. The van der Waals surface area contributed by atoms with Crippen molar-refractivity contribution in [3.63, 3.8) is 0 Å². The highest BCUT2D eigenvalue weighted by Crippen LogP contribution is 2.27. The molecule has 0 bridgehead atoms. The molecule has 21 heavy (non-hydrogen) atoms. The summed E-state index contributed by atoms with van der Waals surface area (Å²) in [5.74, 6) is 0.588. The number of hydrogen-bond donors (Lipinski definition) is 2. The minimum Gasteiger partial charge on any atom is -0.497 e. The molecule has 1 aromatic heterocycles. The number of ketones is 1. The molecule has 0 aliphatic rings. The molecule has 0 radical (unpaired) electrons. The topological polar surface area (TPSA) is 68.1 Å². The lowest BCUT2D eigenvalue weighted by Gasteiger charge is -2.04. The van der Waals surface area contributed by atoms with Crippen LogP contribution in [-0.4, -0.2) is 17.9 Å². The second kappa shape index (κ2) is 5.14. The number of ether oxygens (including phenoxy) is 1. The Balaban J connectivity index is 2.10. The number of nitrogens with two attached hydrogens (primary N) is 1. The third-order valence-corrected chi connectivity index (χ3v) is 3.74. The maximum Gasteiger partial charge on any atom is 0.195 e. The fourth-order valence-corrected chi connectivity index (χ4v) is 2.37. The van der Waals surface area contributed by atoms with E-state index in [4.69, 9.17) is 22.1 Å². The maximum absolute atomic E-state index is 12.6. The van der Waals surface area contributed by atoms with Gasteiger partial charge in [-0.3, -0.25) is 4.79 Å². The van der Waals surface area contributed by atoms with Gasteiger partial charge < -0.3 is 15.5 Å². The number of carbonyl (C=O) groups is 1. The molecule has 0 aliphatic carbocycles. The minimum absolute atomic E-state index is 0.113. The van der Waals surface area contributed by atoms with Crippen molar-refractivity contribution in [1.29, 1.82) is 0 Å². The number of methoxy groups -OCH3 is 1. The van der Waals surface area contributed by atoms with Gasteiger partial charge in [0, 0.05) is 28.2 Å². The van der Waals surface area contributed by atoms with Gasteiger partial charge in [0.15, 0.2) is 5.78 Å². The van der Waals surface area contributed by atoms with Crippen LogP contribution < -0.4 is 10.5 Å². The number of aromatic nitrogens is 1. The zero-order valence-electron chi connectivity index (χ0n) is 11.3. The van der Waals surface area contributed by atoms with E-state index in [2.05, 4.69) is 4.98 Å². The summed E-state index contributed by atoms with van der Waals surface area (Å²) in [7, 11) is 1.59. The highest BCUT2D eigenvalue weighted by Gasteiger charge is 2.15. The Morgan fingerprint density at radius 3 is 2.76 bits per heavy atom. The predicted molar refractivity (Wildman–Crippen MR) is 84.1 cm³/mol. The number of H-pyrrole nitrogens is 1. The average molecular weight is 301 g/mol. The molecule has 3 aromatic rings. The number of halogens is 1. The number of aromatic amines is 1. The van der Waals surface area contributed by atoms with Crippen LogP contribution in [0.25, 0.3) is 10.9 Å². The molecule has 0 saturated heterocycles. The molecule has 5 heteroatoms. The molecule has 0 atom stereocenters. The van der Waals surface area contributed by atoms with Crippen LogP contribution in [0.2, 0.25) is 5.02 Å². The molecule has 0 fully saturated rings. The average Bonchev–Trinajstić information content (AvgIpc) is 2.92. The van der Waals surface area contributed by atoms with Crippen LogP contribution in [0, 0.1) is 0 Å². The molecule has 0 saturated carbocycles.